The Labute approximate surface area is 164 Å². The Kier molecular flexibility index (Phi) is 7.12. The highest BCUT2D eigenvalue weighted by atomic mass is 32.1. The van der Waals surface area contributed by atoms with Crippen LogP contribution in [-0.4, -0.2) is 39.2 Å². The fourth-order valence-electron chi connectivity index (χ4n) is 2.93. The van der Waals surface area contributed by atoms with Gasteiger partial charge in [0.15, 0.2) is 0 Å². The molecule has 0 bridgehead atoms. The zero-order chi connectivity index (χ0) is 20.0. The van der Waals surface area contributed by atoms with Crippen LogP contribution in [0.4, 0.5) is 0 Å². The van der Waals surface area contributed by atoms with Gasteiger partial charge < -0.3 is 14.9 Å². The van der Waals surface area contributed by atoms with Crippen molar-refractivity contribution in [1.82, 2.24) is 5.43 Å². The van der Waals surface area contributed by atoms with Crippen molar-refractivity contribution in [2.45, 2.75) is 57.1 Å². The van der Waals surface area contributed by atoms with Gasteiger partial charge in [-0.05, 0) is 37.3 Å². The van der Waals surface area contributed by atoms with Gasteiger partial charge in [0.1, 0.15) is 11.5 Å². The molecule has 27 heavy (non-hydrogen) atoms. The maximum absolute atomic E-state index is 12.0. The van der Waals surface area contributed by atoms with Gasteiger partial charge in [0.25, 0.3) is 0 Å². The van der Waals surface area contributed by atoms with Crippen molar-refractivity contribution in [3.8, 4) is 11.5 Å². The molecule has 0 aliphatic heterocycles. The fraction of sp³-hybridized carbons (Fsp3) is 0.526. The van der Waals surface area contributed by atoms with E-state index < -0.39 is 10.7 Å². The number of carbonyl (C=O) groups is 2. The molecule has 1 aromatic rings. The minimum Gasteiger partial charge on any atom is -0.507 e. The molecule has 1 aliphatic carbocycles. The second-order valence-electron chi connectivity index (χ2n) is 7.26. The number of carboxylic acid groups (broad SMARTS) is 1. The van der Waals surface area contributed by atoms with Crippen LogP contribution >= 0.6 is 12.6 Å². The van der Waals surface area contributed by atoms with E-state index in [1.807, 2.05) is 19.9 Å². The lowest BCUT2D eigenvalue weighted by Gasteiger charge is -2.21. The number of rotatable bonds is 8. The number of thiol groups is 1. The van der Waals surface area contributed by atoms with Crippen LogP contribution in [0.5, 0.6) is 11.5 Å². The maximum atomic E-state index is 12.0. The third-order valence-corrected chi connectivity index (χ3v) is 4.19. The molecular formula is C19H26N2O5S. The SMILES string of the molecule is CC(C)(S)CC(=O)NN=C1CCCc2cc(OCCCC(=O)O)cc(O)c21. The number of hydrogen-bond donors (Lipinski definition) is 4. The molecule has 8 heteroatoms. The molecule has 7 nitrogen and oxygen atoms in total. The van der Waals surface area contributed by atoms with Crippen LogP contribution in [-0.2, 0) is 16.0 Å². The van der Waals surface area contributed by atoms with Crippen LogP contribution in [0.25, 0.3) is 0 Å². The molecule has 1 aliphatic rings. The number of nitrogens with zero attached hydrogens (tertiary/aromatic N) is 1. The molecule has 0 radical (unpaired) electrons. The molecule has 0 spiro atoms. The highest BCUT2D eigenvalue weighted by Crippen LogP contribution is 2.33. The number of nitrogens with one attached hydrogen (secondary N) is 1. The predicted molar refractivity (Wildman–Crippen MR) is 106 cm³/mol. The van der Waals surface area contributed by atoms with Crippen molar-refractivity contribution < 1.29 is 24.5 Å². The Balaban J connectivity index is 2.09. The first kappa shape index (κ1) is 21.1. The molecule has 0 heterocycles. The third kappa shape index (κ3) is 6.78. The highest BCUT2D eigenvalue weighted by Gasteiger charge is 2.22. The van der Waals surface area contributed by atoms with Crippen LogP contribution in [0, 0.1) is 0 Å². The van der Waals surface area contributed by atoms with E-state index in [9.17, 15) is 14.7 Å². The first-order valence-corrected chi connectivity index (χ1v) is 9.39. The summed E-state index contributed by atoms with van der Waals surface area (Å²) < 4.78 is 5.12. The van der Waals surface area contributed by atoms with E-state index in [-0.39, 0.29) is 31.1 Å². The van der Waals surface area contributed by atoms with Crippen molar-refractivity contribution in [2.24, 2.45) is 5.10 Å². The number of phenolic OH excluding ortho intramolecular Hbond substituents is 1. The molecular weight excluding hydrogens is 368 g/mol. The molecule has 3 N–H and O–H groups in total. The number of hydrogen-bond acceptors (Lipinski definition) is 6. The van der Waals surface area contributed by atoms with Gasteiger partial charge in [-0.15, -0.1) is 0 Å². The van der Waals surface area contributed by atoms with Gasteiger partial charge in [0.05, 0.1) is 12.3 Å². The Morgan fingerprint density at radius 1 is 1.33 bits per heavy atom. The van der Waals surface area contributed by atoms with Crippen molar-refractivity contribution in [1.29, 1.82) is 0 Å². The van der Waals surface area contributed by atoms with Gasteiger partial charge in [-0.25, -0.2) is 5.43 Å². The van der Waals surface area contributed by atoms with E-state index in [1.54, 1.807) is 0 Å². The van der Waals surface area contributed by atoms with Crippen LogP contribution in [0.2, 0.25) is 0 Å². The lowest BCUT2D eigenvalue weighted by atomic mass is 9.89. The zero-order valence-corrected chi connectivity index (χ0v) is 16.5. The van der Waals surface area contributed by atoms with Gasteiger partial charge >= 0.3 is 5.97 Å². The highest BCUT2D eigenvalue weighted by molar-refractivity contribution is 7.81. The molecule has 0 saturated carbocycles. The monoisotopic (exact) mass is 394 g/mol. The van der Waals surface area contributed by atoms with Crippen molar-refractivity contribution in [2.75, 3.05) is 6.61 Å². The lowest BCUT2D eigenvalue weighted by molar-refractivity contribution is -0.137. The molecule has 1 amide bonds. The molecule has 148 valence electrons. The smallest absolute Gasteiger partial charge is 0.303 e. The summed E-state index contributed by atoms with van der Waals surface area (Å²) in [5, 5.41) is 23.3. The van der Waals surface area contributed by atoms with Crippen molar-refractivity contribution >= 4 is 30.2 Å². The lowest BCUT2D eigenvalue weighted by Crippen LogP contribution is -2.27. The first-order chi connectivity index (χ1) is 12.7. The number of phenols is 1. The number of ether oxygens (including phenoxy) is 1. The zero-order valence-electron chi connectivity index (χ0n) is 15.6. The average Bonchev–Trinajstić information content (AvgIpc) is 2.55. The normalized spacial score (nSPS) is 15.3. The summed E-state index contributed by atoms with van der Waals surface area (Å²) in [6.07, 6.45) is 2.94. The Bertz CT molecular complexity index is 740. The maximum Gasteiger partial charge on any atom is 0.303 e. The Morgan fingerprint density at radius 3 is 2.74 bits per heavy atom. The second kappa shape index (κ2) is 9.12. The van der Waals surface area contributed by atoms with Gasteiger partial charge in [-0.1, -0.05) is 13.8 Å². The number of benzene rings is 1. The van der Waals surface area contributed by atoms with E-state index in [0.717, 1.165) is 18.4 Å². The van der Waals surface area contributed by atoms with Gasteiger partial charge in [-0.2, -0.15) is 17.7 Å². The van der Waals surface area contributed by atoms with Gasteiger partial charge in [0, 0.05) is 29.2 Å². The number of carboxylic acids is 1. The van der Waals surface area contributed by atoms with Crippen LogP contribution < -0.4 is 10.2 Å². The fourth-order valence-corrected chi connectivity index (χ4v) is 3.07. The van der Waals surface area contributed by atoms with Crippen LogP contribution in [0.3, 0.4) is 0 Å². The number of aliphatic carboxylic acids is 1. The molecule has 0 unspecified atom stereocenters. The van der Waals surface area contributed by atoms with E-state index in [0.29, 0.717) is 29.9 Å². The quantitative estimate of drug-likeness (QED) is 0.308. The van der Waals surface area contributed by atoms with E-state index in [4.69, 9.17) is 9.84 Å². The largest absolute Gasteiger partial charge is 0.507 e. The first-order valence-electron chi connectivity index (χ1n) is 8.94. The number of amides is 1. The Hall–Kier alpha value is -2.22. The summed E-state index contributed by atoms with van der Waals surface area (Å²) in [6, 6.07) is 3.34. The van der Waals surface area contributed by atoms with Crippen molar-refractivity contribution in [3.05, 3.63) is 23.3 Å². The van der Waals surface area contributed by atoms with Crippen molar-refractivity contribution in [3.63, 3.8) is 0 Å². The third-order valence-electron chi connectivity index (χ3n) is 4.03. The number of aromatic hydroxyl groups is 1. The van der Waals surface area contributed by atoms with E-state index in [1.165, 1.54) is 6.07 Å². The summed E-state index contributed by atoms with van der Waals surface area (Å²) in [4.78, 5) is 22.5. The van der Waals surface area contributed by atoms with E-state index >= 15 is 0 Å². The minimum atomic E-state index is -0.865. The number of fused-ring (bicyclic) bond motifs is 1. The van der Waals surface area contributed by atoms with Crippen LogP contribution in [0.1, 0.15) is 57.1 Å². The number of hydrazone groups is 1. The Morgan fingerprint density at radius 2 is 2.07 bits per heavy atom. The molecule has 1 aromatic carbocycles. The summed E-state index contributed by atoms with van der Waals surface area (Å²) in [6.45, 7) is 3.96. The topological polar surface area (TPSA) is 108 Å². The molecule has 0 aromatic heterocycles. The standard InChI is InChI=1S/C19H26N2O5S/c1-19(2,27)11-16(23)21-20-14-6-3-5-12-9-13(10-15(22)18(12)14)26-8-4-7-17(24)25/h9-10,22,27H,3-8,11H2,1-2H3,(H,21,23)(H,24,25). The molecule has 2 rings (SSSR count). The molecule has 0 saturated heterocycles. The average molecular weight is 394 g/mol. The van der Waals surface area contributed by atoms with Gasteiger partial charge in [-0.3, -0.25) is 9.59 Å². The van der Waals surface area contributed by atoms with Crippen LogP contribution in [0.15, 0.2) is 17.2 Å². The second-order valence-corrected chi connectivity index (χ2v) is 8.47. The summed E-state index contributed by atoms with van der Waals surface area (Å²) >= 11 is 4.34. The number of carbonyl (C=O) groups excluding carboxylic acids is 1. The summed E-state index contributed by atoms with van der Waals surface area (Å²) in [5.41, 5.74) is 4.71. The minimum absolute atomic E-state index is 0.0382. The summed E-state index contributed by atoms with van der Waals surface area (Å²) in [5.74, 6) is -0.551. The number of aryl methyl sites for hydroxylation is 1. The van der Waals surface area contributed by atoms with Gasteiger partial charge in [0.2, 0.25) is 5.91 Å². The van der Waals surface area contributed by atoms with E-state index in [2.05, 4.69) is 23.2 Å². The molecule has 0 fully saturated rings. The predicted octanol–water partition coefficient (Wildman–Crippen LogP) is 2.89. The molecule has 0 atom stereocenters. The summed E-state index contributed by atoms with van der Waals surface area (Å²) in [7, 11) is 0.